The summed E-state index contributed by atoms with van der Waals surface area (Å²) in [6.45, 7) is 2.22. The zero-order valence-corrected chi connectivity index (χ0v) is 12.0. The van der Waals surface area contributed by atoms with Crippen LogP contribution < -0.4 is 10.5 Å². The van der Waals surface area contributed by atoms with Gasteiger partial charge in [0.1, 0.15) is 12.4 Å². The first-order valence-electron chi connectivity index (χ1n) is 6.89. The number of esters is 1. The third-order valence-electron chi connectivity index (χ3n) is 3.05. The molecule has 0 aliphatic heterocycles. The van der Waals surface area contributed by atoms with Crippen molar-refractivity contribution in [3.8, 4) is 5.75 Å². The number of hydrogen-bond acceptors (Lipinski definition) is 4. The molecule has 4 heteroatoms. The Hall–Kier alpha value is -2.49. The summed E-state index contributed by atoms with van der Waals surface area (Å²) in [4.78, 5) is 11.6. The first-order valence-corrected chi connectivity index (χ1v) is 6.89. The zero-order valence-electron chi connectivity index (χ0n) is 12.0. The van der Waals surface area contributed by atoms with Gasteiger partial charge in [-0.05, 0) is 29.7 Å². The highest BCUT2D eigenvalue weighted by molar-refractivity contribution is 5.71. The molecule has 2 aromatic carbocycles. The van der Waals surface area contributed by atoms with Gasteiger partial charge in [-0.3, -0.25) is 0 Å². The zero-order chi connectivity index (χ0) is 15.1. The number of anilines is 1. The highest BCUT2D eigenvalue weighted by Crippen LogP contribution is 2.14. The van der Waals surface area contributed by atoms with Gasteiger partial charge in [0.15, 0.2) is 6.61 Å². The Kier molecular flexibility index (Phi) is 5.21. The topological polar surface area (TPSA) is 61.5 Å². The first-order chi connectivity index (χ1) is 10.2. The summed E-state index contributed by atoms with van der Waals surface area (Å²) in [7, 11) is 0. The largest absolute Gasteiger partial charge is 0.482 e. The molecule has 21 heavy (non-hydrogen) atoms. The number of ether oxygens (including phenoxy) is 2. The number of rotatable bonds is 6. The molecule has 0 saturated heterocycles. The van der Waals surface area contributed by atoms with Gasteiger partial charge >= 0.3 is 5.97 Å². The maximum Gasteiger partial charge on any atom is 0.344 e. The van der Waals surface area contributed by atoms with Crippen molar-refractivity contribution in [3.05, 3.63) is 59.7 Å². The molecule has 0 radical (unpaired) electrons. The number of hydrogen-bond donors (Lipinski definition) is 1. The molecule has 0 saturated carbocycles. The van der Waals surface area contributed by atoms with Crippen molar-refractivity contribution in [1.82, 2.24) is 0 Å². The third-order valence-corrected chi connectivity index (χ3v) is 3.05. The molecule has 2 rings (SSSR count). The third kappa shape index (κ3) is 4.84. The van der Waals surface area contributed by atoms with Crippen molar-refractivity contribution in [3.63, 3.8) is 0 Å². The Labute approximate surface area is 124 Å². The van der Waals surface area contributed by atoms with Crippen molar-refractivity contribution < 1.29 is 14.3 Å². The number of benzene rings is 2. The Balaban J connectivity index is 1.76. The van der Waals surface area contributed by atoms with Gasteiger partial charge in [-0.1, -0.05) is 37.3 Å². The highest BCUT2D eigenvalue weighted by Gasteiger charge is 2.05. The summed E-state index contributed by atoms with van der Waals surface area (Å²) >= 11 is 0. The van der Waals surface area contributed by atoms with Gasteiger partial charge in [0.25, 0.3) is 0 Å². The van der Waals surface area contributed by atoms with E-state index in [9.17, 15) is 4.79 Å². The minimum atomic E-state index is -0.406. The van der Waals surface area contributed by atoms with Crippen LogP contribution in [0.4, 0.5) is 5.69 Å². The molecule has 2 N–H and O–H groups in total. The lowest BCUT2D eigenvalue weighted by molar-refractivity contribution is -0.147. The molecule has 0 aliphatic carbocycles. The summed E-state index contributed by atoms with van der Waals surface area (Å²) in [6, 6.07) is 14.9. The van der Waals surface area contributed by atoms with Crippen molar-refractivity contribution in [2.24, 2.45) is 0 Å². The maximum absolute atomic E-state index is 11.6. The van der Waals surface area contributed by atoms with Crippen LogP contribution in [0.3, 0.4) is 0 Å². The van der Waals surface area contributed by atoms with E-state index in [1.54, 1.807) is 24.3 Å². The molecule has 2 aromatic rings. The predicted molar refractivity (Wildman–Crippen MR) is 82.0 cm³/mol. The van der Waals surface area contributed by atoms with E-state index >= 15 is 0 Å². The Bertz CT molecular complexity index is 593. The fraction of sp³-hybridized carbons (Fsp3) is 0.235. The molecule has 0 atom stereocenters. The number of nitrogen functional groups attached to an aromatic ring is 1. The van der Waals surface area contributed by atoms with E-state index in [0.29, 0.717) is 11.4 Å². The van der Waals surface area contributed by atoms with E-state index < -0.39 is 5.97 Å². The molecular weight excluding hydrogens is 266 g/mol. The number of aryl methyl sites for hydroxylation is 1. The smallest absolute Gasteiger partial charge is 0.344 e. The van der Waals surface area contributed by atoms with Crippen molar-refractivity contribution in [2.45, 2.75) is 20.0 Å². The van der Waals surface area contributed by atoms with Gasteiger partial charge in [0.2, 0.25) is 0 Å². The lowest BCUT2D eigenvalue weighted by Crippen LogP contribution is -2.14. The Morgan fingerprint density at radius 2 is 1.81 bits per heavy atom. The van der Waals surface area contributed by atoms with Crippen LogP contribution in [0, 0.1) is 0 Å². The summed E-state index contributed by atoms with van der Waals surface area (Å²) in [5, 5.41) is 0. The quantitative estimate of drug-likeness (QED) is 0.654. The summed E-state index contributed by atoms with van der Waals surface area (Å²) in [5.74, 6) is 0.149. The second-order valence-corrected chi connectivity index (χ2v) is 4.69. The monoisotopic (exact) mass is 285 g/mol. The fourth-order valence-electron chi connectivity index (χ4n) is 1.82. The van der Waals surface area contributed by atoms with E-state index in [1.165, 1.54) is 5.56 Å². The van der Waals surface area contributed by atoms with Crippen LogP contribution in [0.2, 0.25) is 0 Å². The van der Waals surface area contributed by atoms with Gasteiger partial charge in [-0.25, -0.2) is 4.79 Å². The number of carbonyl (C=O) groups is 1. The van der Waals surface area contributed by atoms with Crippen LogP contribution >= 0.6 is 0 Å². The number of carbonyl (C=O) groups excluding carboxylic acids is 1. The van der Waals surface area contributed by atoms with E-state index in [2.05, 4.69) is 6.92 Å². The molecule has 0 spiro atoms. The van der Waals surface area contributed by atoms with E-state index in [1.807, 2.05) is 24.3 Å². The van der Waals surface area contributed by atoms with Crippen LogP contribution in [-0.2, 0) is 22.6 Å². The number of nitrogens with two attached hydrogens (primary N) is 1. The SMILES string of the molecule is CCc1ccc(COC(=O)COc2cccc(N)c2)cc1. The molecule has 0 heterocycles. The summed E-state index contributed by atoms with van der Waals surface area (Å²) in [5.41, 5.74) is 8.44. The minimum Gasteiger partial charge on any atom is -0.482 e. The minimum absolute atomic E-state index is 0.128. The molecule has 0 fully saturated rings. The van der Waals surface area contributed by atoms with E-state index in [0.717, 1.165) is 12.0 Å². The summed E-state index contributed by atoms with van der Waals surface area (Å²) < 4.78 is 10.5. The van der Waals surface area contributed by atoms with Crippen molar-refractivity contribution in [1.29, 1.82) is 0 Å². The predicted octanol–water partition coefficient (Wildman–Crippen LogP) is 2.95. The van der Waals surface area contributed by atoms with Crippen LogP contribution in [0.15, 0.2) is 48.5 Å². The second kappa shape index (κ2) is 7.33. The molecule has 0 unspecified atom stereocenters. The van der Waals surface area contributed by atoms with Gasteiger partial charge in [0.05, 0.1) is 0 Å². The van der Waals surface area contributed by atoms with Gasteiger partial charge in [-0.15, -0.1) is 0 Å². The van der Waals surface area contributed by atoms with Crippen molar-refractivity contribution >= 4 is 11.7 Å². The Morgan fingerprint density at radius 3 is 2.48 bits per heavy atom. The lowest BCUT2D eigenvalue weighted by Gasteiger charge is -2.08. The lowest BCUT2D eigenvalue weighted by atomic mass is 10.1. The molecule has 0 aliphatic rings. The van der Waals surface area contributed by atoms with Crippen molar-refractivity contribution in [2.75, 3.05) is 12.3 Å². The van der Waals surface area contributed by atoms with Crippen LogP contribution in [-0.4, -0.2) is 12.6 Å². The average molecular weight is 285 g/mol. The maximum atomic E-state index is 11.6. The van der Waals surface area contributed by atoms with E-state index in [-0.39, 0.29) is 13.2 Å². The highest BCUT2D eigenvalue weighted by atomic mass is 16.6. The molecule has 0 aromatic heterocycles. The first kappa shape index (κ1) is 14.9. The van der Waals surface area contributed by atoms with Crippen LogP contribution in [0.25, 0.3) is 0 Å². The standard InChI is InChI=1S/C17H19NO3/c1-2-13-6-8-14(9-7-13)11-21-17(19)12-20-16-5-3-4-15(18)10-16/h3-10H,2,11-12,18H2,1H3. The fourth-order valence-corrected chi connectivity index (χ4v) is 1.82. The molecule has 110 valence electrons. The van der Waals surface area contributed by atoms with E-state index in [4.69, 9.17) is 15.2 Å². The second-order valence-electron chi connectivity index (χ2n) is 4.69. The van der Waals surface area contributed by atoms with Gasteiger partial charge in [-0.2, -0.15) is 0 Å². The molecular formula is C17H19NO3. The Morgan fingerprint density at radius 1 is 1.10 bits per heavy atom. The summed E-state index contributed by atoms with van der Waals surface area (Å²) in [6.07, 6.45) is 0.994. The average Bonchev–Trinajstić information content (AvgIpc) is 2.51. The van der Waals surface area contributed by atoms with Crippen LogP contribution in [0.1, 0.15) is 18.1 Å². The molecule has 0 amide bonds. The van der Waals surface area contributed by atoms with Gasteiger partial charge < -0.3 is 15.2 Å². The van der Waals surface area contributed by atoms with Crippen LogP contribution in [0.5, 0.6) is 5.75 Å². The molecule has 4 nitrogen and oxygen atoms in total. The van der Waals surface area contributed by atoms with Gasteiger partial charge in [0, 0.05) is 11.8 Å². The normalized spacial score (nSPS) is 10.1. The molecule has 0 bridgehead atoms.